The first-order valence-electron chi connectivity index (χ1n) is 8.70. The van der Waals surface area contributed by atoms with Crippen molar-refractivity contribution in [2.45, 2.75) is 84.2 Å². The molecule has 0 rings (SSSR count). The lowest BCUT2D eigenvalue weighted by Gasteiger charge is -2.48. The zero-order valence-corrected chi connectivity index (χ0v) is 15.9. The molecule has 0 amide bonds. The molecule has 0 heterocycles. The van der Waals surface area contributed by atoms with Crippen molar-refractivity contribution in [3.8, 4) is 0 Å². The van der Waals surface area contributed by atoms with Gasteiger partial charge < -0.3 is 18.9 Å². The molecule has 2 unspecified atom stereocenters. The first-order chi connectivity index (χ1) is 10.5. The van der Waals surface area contributed by atoms with Crippen molar-refractivity contribution in [2.24, 2.45) is 5.41 Å². The smallest absolute Gasteiger partial charge is 0.290 e. The van der Waals surface area contributed by atoms with Crippen LogP contribution in [0.2, 0.25) is 0 Å². The van der Waals surface area contributed by atoms with Gasteiger partial charge in [0, 0.05) is 28.4 Å². The fourth-order valence-corrected chi connectivity index (χ4v) is 3.61. The molecule has 22 heavy (non-hydrogen) atoms. The molecule has 0 N–H and O–H groups in total. The highest BCUT2D eigenvalue weighted by atomic mass is 16.9. The maximum absolute atomic E-state index is 5.85. The van der Waals surface area contributed by atoms with Crippen LogP contribution >= 0.6 is 0 Å². The molecule has 0 aliphatic heterocycles. The SMILES string of the molecule is CCCCCCCC(OC)C(C)(CCC)C(OC)(OC)OC. The van der Waals surface area contributed by atoms with Gasteiger partial charge >= 0.3 is 0 Å². The highest BCUT2D eigenvalue weighted by molar-refractivity contribution is 4.91. The standard InChI is InChI=1S/C18H38O4/c1-8-10-11-12-13-14-16(19-4)17(3,15-9-2)18(20-5,21-6)22-7/h16H,8-15H2,1-7H3. The Balaban J connectivity index is 5.04. The van der Waals surface area contributed by atoms with Crippen molar-refractivity contribution in [3.63, 3.8) is 0 Å². The minimum Gasteiger partial charge on any atom is -0.381 e. The molecule has 2 atom stereocenters. The Hall–Kier alpha value is -0.160. The predicted molar refractivity (Wildman–Crippen MR) is 90.9 cm³/mol. The van der Waals surface area contributed by atoms with Gasteiger partial charge in [0.1, 0.15) is 0 Å². The number of methoxy groups -OCH3 is 4. The number of rotatable bonds is 14. The van der Waals surface area contributed by atoms with Gasteiger partial charge in [0.15, 0.2) is 0 Å². The van der Waals surface area contributed by atoms with E-state index in [-0.39, 0.29) is 11.5 Å². The molecule has 0 bridgehead atoms. The van der Waals surface area contributed by atoms with Crippen molar-refractivity contribution in [3.05, 3.63) is 0 Å². The van der Waals surface area contributed by atoms with Crippen LogP contribution in [0.15, 0.2) is 0 Å². The Bertz CT molecular complexity index is 258. The second-order valence-corrected chi connectivity index (χ2v) is 6.26. The molecule has 0 fully saturated rings. The van der Waals surface area contributed by atoms with Crippen LogP contribution in [0.25, 0.3) is 0 Å². The third-order valence-electron chi connectivity index (χ3n) is 4.84. The summed E-state index contributed by atoms with van der Waals surface area (Å²) in [7, 11) is 6.68. The summed E-state index contributed by atoms with van der Waals surface area (Å²) >= 11 is 0. The van der Waals surface area contributed by atoms with Crippen molar-refractivity contribution in [1.82, 2.24) is 0 Å². The van der Waals surface area contributed by atoms with Crippen molar-refractivity contribution in [2.75, 3.05) is 28.4 Å². The quantitative estimate of drug-likeness (QED) is 0.342. The van der Waals surface area contributed by atoms with E-state index >= 15 is 0 Å². The second-order valence-electron chi connectivity index (χ2n) is 6.26. The molecule has 0 aromatic heterocycles. The fourth-order valence-electron chi connectivity index (χ4n) is 3.61. The van der Waals surface area contributed by atoms with Gasteiger partial charge in [-0.05, 0) is 19.8 Å². The topological polar surface area (TPSA) is 36.9 Å². The van der Waals surface area contributed by atoms with Crippen molar-refractivity contribution in [1.29, 1.82) is 0 Å². The maximum Gasteiger partial charge on any atom is 0.290 e. The minimum atomic E-state index is -1.08. The van der Waals surface area contributed by atoms with Gasteiger partial charge in [0.05, 0.1) is 11.5 Å². The van der Waals surface area contributed by atoms with E-state index in [4.69, 9.17) is 18.9 Å². The third kappa shape index (κ3) is 5.19. The normalized spacial score (nSPS) is 16.5. The summed E-state index contributed by atoms with van der Waals surface area (Å²) < 4.78 is 22.8. The zero-order valence-electron chi connectivity index (χ0n) is 15.9. The van der Waals surface area contributed by atoms with Gasteiger partial charge in [0.2, 0.25) is 0 Å². The largest absolute Gasteiger partial charge is 0.381 e. The van der Waals surface area contributed by atoms with Gasteiger partial charge in [-0.3, -0.25) is 0 Å². The van der Waals surface area contributed by atoms with Gasteiger partial charge in [0.25, 0.3) is 5.97 Å². The van der Waals surface area contributed by atoms with E-state index in [2.05, 4.69) is 20.8 Å². The van der Waals surface area contributed by atoms with Crippen LogP contribution in [0.4, 0.5) is 0 Å². The summed E-state index contributed by atoms with van der Waals surface area (Å²) in [5.41, 5.74) is -0.362. The molecule has 0 saturated heterocycles. The first-order valence-corrected chi connectivity index (χ1v) is 8.70. The van der Waals surface area contributed by atoms with E-state index in [1.54, 1.807) is 28.4 Å². The summed E-state index contributed by atoms with van der Waals surface area (Å²) in [6.45, 7) is 6.55. The summed E-state index contributed by atoms with van der Waals surface area (Å²) in [4.78, 5) is 0. The molecule has 0 aromatic carbocycles. The average Bonchev–Trinajstić information content (AvgIpc) is 2.53. The van der Waals surface area contributed by atoms with E-state index in [0.717, 1.165) is 25.7 Å². The average molecular weight is 318 g/mol. The van der Waals surface area contributed by atoms with E-state index in [9.17, 15) is 0 Å². The Labute approximate surface area is 137 Å². The van der Waals surface area contributed by atoms with Gasteiger partial charge in [-0.15, -0.1) is 0 Å². The Kier molecular flexibility index (Phi) is 11.3. The zero-order chi connectivity index (χ0) is 17.1. The summed E-state index contributed by atoms with van der Waals surface area (Å²) in [6.07, 6.45) is 9.23. The third-order valence-corrected chi connectivity index (χ3v) is 4.84. The van der Waals surface area contributed by atoms with Crippen LogP contribution in [0.3, 0.4) is 0 Å². The van der Waals surface area contributed by atoms with Gasteiger partial charge in [-0.2, -0.15) is 0 Å². The van der Waals surface area contributed by atoms with Crippen molar-refractivity contribution < 1.29 is 18.9 Å². The molecule has 4 nitrogen and oxygen atoms in total. The van der Waals surface area contributed by atoms with Gasteiger partial charge in [-0.1, -0.05) is 52.4 Å². The van der Waals surface area contributed by atoms with Crippen LogP contribution in [0.1, 0.15) is 72.1 Å². The molecule has 0 spiro atoms. The highest BCUT2D eigenvalue weighted by Crippen LogP contribution is 2.45. The molecule has 0 saturated carbocycles. The number of unbranched alkanes of at least 4 members (excludes halogenated alkanes) is 4. The summed E-state index contributed by atoms with van der Waals surface area (Å²) in [5, 5.41) is 0. The second kappa shape index (κ2) is 11.4. The Morgan fingerprint density at radius 1 is 0.773 bits per heavy atom. The molecular formula is C18H38O4. The monoisotopic (exact) mass is 318 g/mol. The molecular weight excluding hydrogens is 280 g/mol. The van der Waals surface area contributed by atoms with E-state index in [1.165, 1.54) is 25.7 Å². The van der Waals surface area contributed by atoms with E-state index in [0.29, 0.717) is 0 Å². The first kappa shape index (κ1) is 21.8. The lowest BCUT2D eigenvalue weighted by atomic mass is 9.75. The van der Waals surface area contributed by atoms with Crippen LogP contribution in [0.5, 0.6) is 0 Å². The lowest BCUT2D eigenvalue weighted by Crippen LogP contribution is -2.57. The van der Waals surface area contributed by atoms with Crippen LogP contribution in [-0.2, 0) is 18.9 Å². The minimum absolute atomic E-state index is 0.0360. The van der Waals surface area contributed by atoms with Crippen LogP contribution in [-0.4, -0.2) is 40.5 Å². The fraction of sp³-hybridized carbons (Fsp3) is 1.00. The molecule has 0 aliphatic rings. The molecule has 0 aliphatic carbocycles. The maximum atomic E-state index is 5.85. The Morgan fingerprint density at radius 2 is 1.32 bits per heavy atom. The highest BCUT2D eigenvalue weighted by Gasteiger charge is 2.54. The van der Waals surface area contributed by atoms with Gasteiger partial charge in [-0.25, -0.2) is 0 Å². The molecule has 4 heteroatoms. The Morgan fingerprint density at radius 3 is 1.73 bits per heavy atom. The number of hydrogen-bond acceptors (Lipinski definition) is 4. The summed E-state index contributed by atoms with van der Waals surface area (Å²) in [6, 6.07) is 0. The predicted octanol–water partition coefficient (Wildman–Crippen LogP) is 4.76. The summed E-state index contributed by atoms with van der Waals surface area (Å²) in [5.74, 6) is -1.08. The van der Waals surface area contributed by atoms with Crippen LogP contribution < -0.4 is 0 Å². The van der Waals surface area contributed by atoms with E-state index in [1.807, 2.05) is 0 Å². The van der Waals surface area contributed by atoms with Crippen LogP contribution in [0, 0.1) is 5.41 Å². The lowest BCUT2D eigenvalue weighted by molar-refractivity contribution is -0.418. The van der Waals surface area contributed by atoms with Crippen molar-refractivity contribution >= 4 is 0 Å². The molecule has 134 valence electrons. The van der Waals surface area contributed by atoms with E-state index < -0.39 is 5.97 Å². The molecule has 0 aromatic rings. The number of ether oxygens (including phenoxy) is 4. The molecule has 0 radical (unpaired) electrons. The number of hydrogen-bond donors (Lipinski definition) is 0.